The van der Waals surface area contributed by atoms with Gasteiger partial charge in [-0.15, -0.1) is 0 Å². The molecule has 2 aromatic rings. The van der Waals surface area contributed by atoms with Crippen molar-refractivity contribution in [2.45, 2.75) is 6.92 Å². The topological polar surface area (TPSA) is 39.2 Å². The average Bonchev–Trinajstić information content (AvgIpc) is 2.38. The second-order valence-electron chi connectivity index (χ2n) is 3.78. The van der Waals surface area contributed by atoms with E-state index in [1.807, 2.05) is 36.4 Å². The van der Waals surface area contributed by atoms with Crippen molar-refractivity contribution in [3.8, 4) is 5.75 Å². The van der Waals surface area contributed by atoms with Crippen LogP contribution in [0.25, 0.3) is 12.2 Å². The summed E-state index contributed by atoms with van der Waals surface area (Å²) in [6, 6.07) is 11.2. The summed E-state index contributed by atoms with van der Waals surface area (Å²) in [6.45, 7) is 1.39. The molecule has 0 radical (unpaired) electrons. The molecule has 0 saturated heterocycles. The number of pyridine rings is 1. The van der Waals surface area contributed by atoms with E-state index in [-0.39, 0.29) is 5.97 Å². The van der Waals surface area contributed by atoms with E-state index in [4.69, 9.17) is 4.74 Å². The first-order chi connectivity index (χ1) is 8.74. The molecule has 0 aliphatic rings. The van der Waals surface area contributed by atoms with Crippen molar-refractivity contribution in [1.82, 2.24) is 4.98 Å². The van der Waals surface area contributed by atoms with Crippen LogP contribution in [0.15, 0.2) is 48.8 Å². The van der Waals surface area contributed by atoms with Crippen LogP contribution in [0, 0.1) is 0 Å². The van der Waals surface area contributed by atoms with E-state index in [0.29, 0.717) is 5.75 Å². The molecule has 2 rings (SSSR count). The van der Waals surface area contributed by atoms with Gasteiger partial charge in [0.1, 0.15) is 5.75 Å². The van der Waals surface area contributed by atoms with E-state index < -0.39 is 0 Å². The molecule has 0 aliphatic carbocycles. The number of carbonyl (C=O) groups excluding carboxylic acids is 1. The van der Waals surface area contributed by atoms with E-state index in [2.05, 4.69) is 4.98 Å². The summed E-state index contributed by atoms with van der Waals surface area (Å²) in [6.07, 6.45) is 7.50. The first-order valence-corrected chi connectivity index (χ1v) is 5.60. The van der Waals surface area contributed by atoms with Crippen LogP contribution in [0.2, 0.25) is 0 Å². The summed E-state index contributed by atoms with van der Waals surface area (Å²) >= 11 is 0. The molecule has 0 bridgehead atoms. The van der Waals surface area contributed by atoms with Crippen molar-refractivity contribution in [2.75, 3.05) is 0 Å². The lowest BCUT2D eigenvalue weighted by molar-refractivity contribution is -0.131. The number of carbonyl (C=O) groups is 1. The molecule has 3 heteroatoms. The molecule has 0 aliphatic heterocycles. The highest BCUT2D eigenvalue weighted by Gasteiger charge is 1.96. The fourth-order valence-electron chi connectivity index (χ4n) is 1.48. The van der Waals surface area contributed by atoms with Crippen LogP contribution in [0.1, 0.15) is 18.1 Å². The molecule has 90 valence electrons. The smallest absolute Gasteiger partial charge is 0.308 e. The second-order valence-corrected chi connectivity index (χ2v) is 3.78. The lowest BCUT2D eigenvalue weighted by Gasteiger charge is -2.00. The lowest BCUT2D eigenvalue weighted by atomic mass is 10.1. The van der Waals surface area contributed by atoms with Gasteiger partial charge in [-0.3, -0.25) is 9.78 Å². The number of nitrogens with zero attached hydrogens (tertiary/aromatic N) is 1. The minimum atomic E-state index is -0.310. The number of esters is 1. The van der Waals surface area contributed by atoms with Gasteiger partial charge in [0.25, 0.3) is 0 Å². The Morgan fingerprint density at radius 3 is 2.11 bits per heavy atom. The Morgan fingerprint density at radius 2 is 1.56 bits per heavy atom. The fourth-order valence-corrected chi connectivity index (χ4v) is 1.48. The number of rotatable bonds is 3. The van der Waals surface area contributed by atoms with Gasteiger partial charge < -0.3 is 4.74 Å². The quantitative estimate of drug-likeness (QED) is 0.610. The molecule has 18 heavy (non-hydrogen) atoms. The summed E-state index contributed by atoms with van der Waals surface area (Å²) in [5, 5.41) is 0. The molecular weight excluding hydrogens is 226 g/mol. The Labute approximate surface area is 106 Å². The van der Waals surface area contributed by atoms with E-state index in [1.54, 1.807) is 24.5 Å². The number of aromatic nitrogens is 1. The lowest BCUT2D eigenvalue weighted by Crippen LogP contribution is -2.00. The maximum atomic E-state index is 10.8. The van der Waals surface area contributed by atoms with Crippen LogP contribution in [0.3, 0.4) is 0 Å². The minimum Gasteiger partial charge on any atom is -0.427 e. The third-order valence-electron chi connectivity index (χ3n) is 2.32. The molecule has 0 atom stereocenters. The second kappa shape index (κ2) is 5.77. The summed E-state index contributed by atoms with van der Waals surface area (Å²) in [4.78, 5) is 14.7. The molecule has 1 aromatic carbocycles. The summed E-state index contributed by atoms with van der Waals surface area (Å²) in [5.74, 6) is 0.249. The predicted octanol–water partition coefficient (Wildman–Crippen LogP) is 3.18. The van der Waals surface area contributed by atoms with Gasteiger partial charge in [0.05, 0.1) is 0 Å². The zero-order chi connectivity index (χ0) is 12.8. The third kappa shape index (κ3) is 3.56. The summed E-state index contributed by atoms with van der Waals surface area (Å²) < 4.78 is 4.96. The summed E-state index contributed by atoms with van der Waals surface area (Å²) in [5.41, 5.74) is 2.14. The zero-order valence-electron chi connectivity index (χ0n) is 10.0. The Hall–Kier alpha value is -2.42. The third-order valence-corrected chi connectivity index (χ3v) is 2.32. The maximum Gasteiger partial charge on any atom is 0.308 e. The zero-order valence-corrected chi connectivity index (χ0v) is 10.0. The van der Waals surface area contributed by atoms with Gasteiger partial charge in [0.15, 0.2) is 0 Å². The Morgan fingerprint density at radius 1 is 1.00 bits per heavy atom. The molecular formula is C15H13NO2. The van der Waals surface area contributed by atoms with Gasteiger partial charge >= 0.3 is 5.97 Å². The molecule has 0 N–H and O–H groups in total. The normalized spacial score (nSPS) is 10.5. The van der Waals surface area contributed by atoms with Crippen LogP contribution in [-0.2, 0) is 4.79 Å². The first-order valence-electron chi connectivity index (χ1n) is 5.60. The van der Waals surface area contributed by atoms with Gasteiger partial charge in [0.2, 0.25) is 0 Å². The molecule has 0 fully saturated rings. The Kier molecular flexibility index (Phi) is 3.86. The Balaban J connectivity index is 2.06. The van der Waals surface area contributed by atoms with Crippen molar-refractivity contribution >= 4 is 18.1 Å². The number of ether oxygens (including phenoxy) is 1. The van der Waals surface area contributed by atoms with Crippen LogP contribution in [0.5, 0.6) is 5.75 Å². The minimum absolute atomic E-state index is 0.310. The molecule has 0 saturated carbocycles. The highest BCUT2D eigenvalue weighted by molar-refractivity contribution is 5.71. The first kappa shape index (κ1) is 12.0. The molecule has 0 unspecified atom stereocenters. The van der Waals surface area contributed by atoms with Gasteiger partial charge in [-0.05, 0) is 35.4 Å². The van der Waals surface area contributed by atoms with Crippen molar-refractivity contribution in [3.05, 3.63) is 59.9 Å². The van der Waals surface area contributed by atoms with E-state index in [0.717, 1.165) is 11.1 Å². The predicted molar refractivity (Wildman–Crippen MR) is 70.9 cm³/mol. The molecule has 0 amide bonds. The van der Waals surface area contributed by atoms with Crippen LogP contribution in [-0.4, -0.2) is 11.0 Å². The maximum absolute atomic E-state index is 10.8. The highest BCUT2D eigenvalue weighted by Crippen LogP contribution is 2.14. The molecule has 0 spiro atoms. The molecule has 3 nitrogen and oxygen atoms in total. The molecule has 1 aromatic heterocycles. The fraction of sp³-hybridized carbons (Fsp3) is 0.0667. The van der Waals surface area contributed by atoms with E-state index >= 15 is 0 Å². The Bertz CT molecular complexity index is 544. The van der Waals surface area contributed by atoms with Crippen molar-refractivity contribution in [1.29, 1.82) is 0 Å². The standard InChI is InChI=1S/C15H13NO2/c1-12(17)18-15-6-4-13(5-7-15)2-3-14-8-10-16-11-9-14/h2-11H,1H3/b3-2-. The van der Waals surface area contributed by atoms with E-state index in [9.17, 15) is 4.79 Å². The SMILES string of the molecule is CC(=O)Oc1ccc(/C=C\c2ccncc2)cc1. The van der Waals surface area contributed by atoms with E-state index in [1.165, 1.54) is 6.92 Å². The van der Waals surface area contributed by atoms with Crippen molar-refractivity contribution in [3.63, 3.8) is 0 Å². The van der Waals surface area contributed by atoms with Gasteiger partial charge in [-0.2, -0.15) is 0 Å². The number of hydrogen-bond donors (Lipinski definition) is 0. The highest BCUT2D eigenvalue weighted by atomic mass is 16.5. The van der Waals surface area contributed by atoms with Gasteiger partial charge in [0, 0.05) is 19.3 Å². The molecule has 1 heterocycles. The number of benzene rings is 1. The number of hydrogen-bond acceptors (Lipinski definition) is 3. The van der Waals surface area contributed by atoms with Gasteiger partial charge in [-0.25, -0.2) is 0 Å². The van der Waals surface area contributed by atoms with Crippen LogP contribution < -0.4 is 4.74 Å². The van der Waals surface area contributed by atoms with Crippen molar-refractivity contribution < 1.29 is 9.53 Å². The largest absolute Gasteiger partial charge is 0.427 e. The van der Waals surface area contributed by atoms with Gasteiger partial charge in [-0.1, -0.05) is 24.3 Å². The van der Waals surface area contributed by atoms with Crippen molar-refractivity contribution in [2.24, 2.45) is 0 Å². The van der Waals surface area contributed by atoms with Crippen LogP contribution in [0.4, 0.5) is 0 Å². The van der Waals surface area contributed by atoms with Crippen LogP contribution >= 0.6 is 0 Å². The monoisotopic (exact) mass is 239 g/mol. The average molecular weight is 239 g/mol. The summed E-state index contributed by atoms with van der Waals surface area (Å²) in [7, 11) is 0.